The third kappa shape index (κ3) is 3.82. The maximum absolute atomic E-state index is 12.3. The summed E-state index contributed by atoms with van der Waals surface area (Å²) in [5.74, 6) is 0.768. The number of aromatic amines is 1. The van der Waals surface area contributed by atoms with Crippen LogP contribution in [0.2, 0.25) is 0 Å². The number of ether oxygens (including phenoxy) is 2. The zero-order valence-electron chi connectivity index (χ0n) is 17.1. The summed E-state index contributed by atoms with van der Waals surface area (Å²) < 4.78 is 34.7. The van der Waals surface area contributed by atoms with Crippen LogP contribution in [0.3, 0.4) is 0 Å². The van der Waals surface area contributed by atoms with E-state index in [0.29, 0.717) is 47.1 Å². The molecule has 0 spiro atoms. The molecule has 1 atom stereocenters. The van der Waals surface area contributed by atoms with Gasteiger partial charge < -0.3 is 14.5 Å². The molecule has 1 aliphatic rings. The van der Waals surface area contributed by atoms with Crippen LogP contribution in [-0.4, -0.2) is 42.2 Å². The lowest BCUT2D eigenvalue weighted by Gasteiger charge is -2.14. The highest BCUT2D eigenvalue weighted by molar-refractivity contribution is 7.90. The fraction of sp³-hybridized carbons (Fsp3) is 0.174. The number of nitrogens with one attached hydrogen (secondary N) is 1. The fourth-order valence-corrected chi connectivity index (χ4v) is 4.33. The summed E-state index contributed by atoms with van der Waals surface area (Å²) in [4.78, 5) is 24.7. The molecular formula is C23H19N3O5S. The first-order valence-corrected chi connectivity index (χ1v) is 11.9. The zero-order chi connectivity index (χ0) is 22.3. The number of cyclic esters (lactones) is 1. The molecule has 0 amide bonds. The van der Waals surface area contributed by atoms with Crippen molar-refractivity contribution in [3.8, 4) is 23.0 Å². The summed E-state index contributed by atoms with van der Waals surface area (Å²) in [5.41, 5.74) is 2.79. The molecule has 162 valence electrons. The zero-order valence-corrected chi connectivity index (χ0v) is 17.9. The number of aromatic nitrogens is 3. The summed E-state index contributed by atoms with van der Waals surface area (Å²) in [6, 6.07) is 15.3. The molecule has 3 heterocycles. The Labute approximate surface area is 184 Å². The Morgan fingerprint density at radius 3 is 2.59 bits per heavy atom. The van der Waals surface area contributed by atoms with Gasteiger partial charge in [0, 0.05) is 24.1 Å². The van der Waals surface area contributed by atoms with Gasteiger partial charge in [-0.25, -0.2) is 13.4 Å². The Bertz CT molecular complexity index is 1410. The van der Waals surface area contributed by atoms with E-state index >= 15 is 0 Å². The number of H-pyrrole nitrogens is 1. The van der Waals surface area contributed by atoms with Gasteiger partial charge in [0.15, 0.2) is 15.7 Å². The molecule has 0 radical (unpaired) electrons. The van der Waals surface area contributed by atoms with Crippen LogP contribution in [0.5, 0.6) is 11.5 Å². The Morgan fingerprint density at radius 2 is 1.94 bits per heavy atom. The molecule has 1 fully saturated rings. The molecule has 1 unspecified atom stereocenters. The number of carbonyl (C=O) groups excluding carboxylic acids is 1. The average molecular weight is 449 g/mol. The molecule has 32 heavy (non-hydrogen) atoms. The summed E-state index contributed by atoms with van der Waals surface area (Å²) in [6.07, 6.45) is 3.39. The van der Waals surface area contributed by atoms with E-state index in [0.717, 1.165) is 11.8 Å². The molecule has 5 rings (SSSR count). The molecule has 0 aliphatic carbocycles. The largest absolute Gasteiger partial charge is 0.465 e. The van der Waals surface area contributed by atoms with Gasteiger partial charge in [-0.05, 0) is 48.9 Å². The predicted octanol–water partition coefficient (Wildman–Crippen LogP) is 3.85. The topological polar surface area (TPSA) is 111 Å². The first-order valence-electron chi connectivity index (χ1n) is 9.98. The fourth-order valence-electron chi connectivity index (χ4n) is 3.70. The van der Waals surface area contributed by atoms with E-state index in [2.05, 4.69) is 15.0 Å². The number of imidazole rings is 1. The number of carbonyl (C=O) groups is 1. The van der Waals surface area contributed by atoms with Crippen LogP contribution >= 0.6 is 0 Å². The van der Waals surface area contributed by atoms with E-state index in [1.807, 2.05) is 24.3 Å². The van der Waals surface area contributed by atoms with Crippen LogP contribution in [0.4, 0.5) is 0 Å². The van der Waals surface area contributed by atoms with Crippen LogP contribution in [0.15, 0.2) is 65.7 Å². The van der Waals surface area contributed by atoms with E-state index in [-0.39, 0.29) is 10.9 Å². The number of hydrogen-bond acceptors (Lipinski definition) is 7. The van der Waals surface area contributed by atoms with Crippen molar-refractivity contribution < 1.29 is 22.7 Å². The lowest BCUT2D eigenvalue weighted by atomic mass is 9.96. The quantitative estimate of drug-likeness (QED) is 0.461. The summed E-state index contributed by atoms with van der Waals surface area (Å²) in [5, 5.41) is 0. The number of fused-ring (bicyclic) bond motifs is 1. The van der Waals surface area contributed by atoms with Crippen molar-refractivity contribution in [3.05, 3.63) is 66.4 Å². The van der Waals surface area contributed by atoms with Crippen molar-refractivity contribution in [3.63, 3.8) is 0 Å². The van der Waals surface area contributed by atoms with Crippen molar-refractivity contribution in [1.29, 1.82) is 0 Å². The van der Waals surface area contributed by atoms with Crippen molar-refractivity contribution in [2.24, 2.45) is 0 Å². The van der Waals surface area contributed by atoms with Gasteiger partial charge in [-0.1, -0.05) is 6.07 Å². The van der Waals surface area contributed by atoms with Gasteiger partial charge in [0.2, 0.25) is 0 Å². The van der Waals surface area contributed by atoms with Gasteiger partial charge in [-0.3, -0.25) is 9.78 Å². The van der Waals surface area contributed by atoms with Crippen molar-refractivity contribution in [2.75, 3.05) is 12.9 Å². The summed E-state index contributed by atoms with van der Waals surface area (Å²) >= 11 is 0. The number of hydrogen-bond donors (Lipinski definition) is 1. The van der Waals surface area contributed by atoms with Crippen LogP contribution < -0.4 is 4.74 Å². The predicted molar refractivity (Wildman–Crippen MR) is 117 cm³/mol. The molecule has 2 aromatic carbocycles. The van der Waals surface area contributed by atoms with E-state index in [4.69, 9.17) is 9.47 Å². The maximum Gasteiger partial charge on any atom is 0.313 e. The Hall–Kier alpha value is -3.72. The van der Waals surface area contributed by atoms with Gasteiger partial charge in [-0.2, -0.15) is 0 Å². The second-order valence-corrected chi connectivity index (χ2v) is 9.58. The Balaban J connectivity index is 1.58. The van der Waals surface area contributed by atoms with E-state index in [1.54, 1.807) is 24.4 Å². The number of rotatable bonds is 5. The van der Waals surface area contributed by atoms with Crippen LogP contribution in [0, 0.1) is 0 Å². The highest BCUT2D eigenvalue weighted by Crippen LogP contribution is 2.38. The van der Waals surface area contributed by atoms with Gasteiger partial charge in [-0.15, -0.1) is 0 Å². The SMILES string of the molecule is CS(=O)(=O)c1ccc(Oc2cc3nc(-c4ccccn4)[nH]c3cc2C2CCOC2=O)cc1. The molecule has 9 heteroatoms. The smallest absolute Gasteiger partial charge is 0.313 e. The highest BCUT2D eigenvalue weighted by atomic mass is 32.2. The van der Waals surface area contributed by atoms with Crippen molar-refractivity contribution in [1.82, 2.24) is 15.0 Å². The van der Waals surface area contributed by atoms with E-state index in [9.17, 15) is 13.2 Å². The average Bonchev–Trinajstić information content (AvgIpc) is 3.39. The number of benzene rings is 2. The first kappa shape index (κ1) is 20.2. The molecular weight excluding hydrogens is 430 g/mol. The molecule has 2 aromatic heterocycles. The third-order valence-electron chi connectivity index (χ3n) is 5.31. The third-order valence-corrected chi connectivity index (χ3v) is 6.44. The van der Waals surface area contributed by atoms with E-state index in [1.165, 1.54) is 12.1 Å². The van der Waals surface area contributed by atoms with Gasteiger partial charge >= 0.3 is 5.97 Å². The summed E-state index contributed by atoms with van der Waals surface area (Å²) in [6.45, 7) is 0.353. The van der Waals surface area contributed by atoms with Crippen LogP contribution in [0.1, 0.15) is 17.9 Å². The van der Waals surface area contributed by atoms with Gasteiger partial charge in [0.05, 0.1) is 28.5 Å². The van der Waals surface area contributed by atoms with Crippen LogP contribution in [0.25, 0.3) is 22.6 Å². The first-order chi connectivity index (χ1) is 15.4. The molecule has 1 aliphatic heterocycles. The van der Waals surface area contributed by atoms with E-state index < -0.39 is 15.8 Å². The van der Waals surface area contributed by atoms with Crippen molar-refractivity contribution >= 4 is 26.8 Å². The second-order valence-electron chi connectivity index (χ2n) is 7.56. The normalized spacial score (nSPS) is 16.3. The number of esters is 1. The molecule has 1 saturated heterocycles. The molecule has 0 bridgehead atoms. The Morgan fingerprint density at radius 1 is 1.12 bits per heavy atom. The summed E-state index contributed by atoms with van der Waals surface area (Å²) in [7, 11) is -3.31. The van der Waals surface area contributed by atoms with Gasteiger partial charge in [0.1, 0.15) is 17.2 Å². The monoisotopic (exact) mass is 449 g/mol. The lowest BCUT2D eigenvalue weighted by Crippen LogP contribution is -2.07. The molecule has 8 nitrogen and oxygen atoms in total. The molecule has 1 N–H and O–H groups in total. The molecule has 0 saturated carbocycles. The molecule has 4 aromatic rings. The standard InChI is InChI=1S/C23H19N3O5S/c1-32(28,29)15-7-5-14(6-8-15)31-21-13-20-19(12-17(21)16-9-11-30-23(16)27)25-22(26-20)18-4-2-3-10-24-18/h2-8,10,12-13,16H,9,11H2,1H3,(H,25,26). The second kappa shape index (κ2) is 7.76. The minimum Gasteiger partial charge on any atom is -0.465 e. The lowest BCUT2D eigenvalue weighted by molar-refractivity contribution is -0.139. The minimum absolute atomic E-state index is 0.201. The number of sulfone groups is 1. The van der Waals surface area contributed by atoms with Crippen LogP contribution in [-0.2, 0) is 19.4 Å². The van der Waals surface area contributed by atoms with Crippen molar-refractivity contribution in [2.45, 2.75) is 17.2 Å². The minimum atomic E-state index is -3.31. The van der Waals surface area contributed by atoms with Gasteiger partial charge in [0.25, 0.3) is 0 Å². The maximum atomic E-state index is 12.3. The Kier molecular flexibility index (Phi) is 4.90. The number of nitrogens with zero attached hydrogens (tertiary/aromatic N) is 2. The highest BCUT2D eigenvalue weighted by Gasteiger charge is 2.31. The number of pyridine rings is 1.